The van der Waals surface area contributed by atoms with Crippen molar-refractivity contribution in [2.24, 2.45) is 0 Å². The van der Waals surface area contributed by atoms with Crippen LogP contribution in [0.4, 0.5) is 0 Å². The van der Waals surface area contributed by atoms with Crippen molar-refractivity contribution < 1.29 is 4.79 Å². The Kier molecular flexibility index (Phi) is 5.29. The minimum atomic E-state index is -0.348. The molecule has 4 rings (SSSR count). The molecule has 2 aromatic carbocycles. The maximum absolute atomic E-state index is 12.5. The van der Waals surface area contributed by atoms with Gasteiger partial charge in [0.1, 0.15) is 5.69 Å². The lowest BCUT2D eigenvalue weighted by atomic mass is 10.2. The highest BCUT2D eigenvalue weighted by molar-refractivity contribution is 5.91. The van der Waals surface area contributed by atoms with Crippen LogP contribution >= 0.6 is 0 Å². The average Bonchev–Trinajstić information content (AvgIpc) is 3.24. The first-order valence-corrected chi connectivity index (χ1v) is 9.18. The highest BCUT2D eigenvalue weighted by Gasteiger charge is 2.10. The molecule has 1 amide bonds. The van der Waals surface area contributed by atoms with Gasteiger partial charge in [-0.15, -0.1) is 0 Å². The molecule has 4 aromatic rings. The van der Waals surface area contributed by atoms with Crippen molar-refractivity contribution in [1.82, 2.24) is 24.9 Å². The van der Waals surface area contributed by atoms with E-state index in [1.54, 1.807) is 10.9 Å². The molecule has 144 valence electrons. The first-order chi connectivity index (χ1) is 14.2. The van der Waals surface area contributed by atoms with E-state index in [-0.39, 0.29) is 17.2 Å². The summed E-state index contributed by atoms with van der Waals surface area (Å²) in [6.45, 7) is 0.621. The van der Waals surface area contributed by atoms with E-state index in [2.05, 4.69) is 15.5 Å². The highest BCUT2D eigenvalue weighted by Crippen LogP contribution is 2.07. The summed E-state index contributed by atoms with van der Waals surface area (Å²) < 4.78 is 3.04. The van der Waals surface area contributed by atoms with Gasteiger partial charge in [-0.2, -0.15) is 10.2 Å². The van der Waals surface area contributed by atoms with E-state index in [9.17, 15) is 9.59 Å². The van der Waals surface area contributed by atoms with Crippen LogP contribution in [0, 0.1) is 0 Å². The average molecular weight is 385 g/mol. The fraction of sp³-hybridized carbons (Fsp3) is 0.0909. The molecule has 0 radical (unpaired) electrons. The van der Waals surface area contributed by atoms with Crippen molar-refractivity contribution in [1.29, 1.82) is 0 Å². The minimum absolute atomic E-state index is 0.191. The molecule has 7 heteroatoms. The van der Waals surface area contributed by atoms with Crippen LogP contribution < -0.4 is 10.9 Å². The molecular weight excluding hydrogens is 366 g/mol. The van der Waals surface area contributed by atoms with Crippen molar-refractivity contribution in [2.75, 3.05) is 0 Å². The molecule has 0 aliphatic rings. The monoisotopic (exact) mass is 385 g/mol. The standard InChI is InChI=1S/C22H19N5O2/c28-21-12-11-20(25-27(21)15-17-7-3-1-4-8-17)22(29)23-13-18-14-24-26(16-18)19-9-5-2-6-10-19/h1-12,14,16H,13,15H2,(H,23,29). The quantitative estimate of drug-likeness (QED) is 0.553. The van der Waals surface area contributed by atoms with E-state index < -0.39 is 0 Å². The van der Waals surface area contributed by atoms with Crippen molar-refractivity contribution in [3.8, 4) is 5.69 Å². The van der Waals surface area contributed by atoms with Crippen molar-refractivity contribution in [3.05, 3.63) is 112 Å². The first kappa shape index (κ1) is 18.4. The van der Waals surface area contributed by atoms with Gasteiger partial charge in [-0.25, -0.2) is 9.36 Å². The van der Waals surface area contributed by atoms with Gasteiger partial charge in [0.2, 0.25) is 0 Å². The number of aromatic nitrogens is 4. The third-order valence-corrected chi connectivity index (χ3v) is 4.38. The lowest BCUT2D eigenvalue weighted by molar-refractivity contribution is 0.0943. The fourth-order valence-corrected chi connectivity index (χ4v) is 2.89. The molecule has 0 bridgehead atoms. The number of amides is 1. The normalized spacial score (nSPS) is 10.6. The summed E-state index contributed by atoms with van der Waals surface area (Å²) >= 11 is 0. The number of nitrogens with one attached hydrogen (secondary N) is 1. The molecule has 0 fully saturated rings. The van der Waals surface area contributed by atoms with Crippen LogP contribution in [0.25, 0.3) is 5.69 Å². The smallest absolute Gasteiger partial charge is 0.271 e. The Morgan fingerprint density at radius 2 is 1.62 bits per heavy atom. The number of para-hydroxylation sites is 1. The molecule has 0 spiro atoms. The number of carbonyl (C=O) groups is 1. The molecule has 1 N–H and O–H groups in total. The van der Waals surface area contributed by atoms with Gasteiger partial charge in [0.05, 0.1) is 18.4 Å². The fourth-order valence-electron chi connectivity index (χ4n) is 2.89. The van der Waals surface area contributed by atoms with E-state index in [4.69, 9.17) is 0 Å². The molecule has 2 heterocycles. The maximum Gasteiger partial charge on any atom is 0.271 e. The number of nitrogens with zero attached hydrogens (tertiary/aromatic N) is 4. The maximum atomic E-state index is 12.5. The number of benzene rings is 2. The highest BCUT2D eigenvalue weighted by atomic mass is 16.2. The number of hydrogen-bond acceptors (Lipinski definition) is 4. The largest absolute Gasteiger partial charge is 0.346 e. The van der Waals surface area contributed by atoms with Crippen LogP contribution in [0.1, 0.15) is 21.6 Å². The molecule has 29 heavy (non-hydrogen) atoms. The molecule has 0 unspecified atom stereocenters. The van der Waals surface area contributed by atoms with Crippen LogP contribution in [0.5, 0.6) is 0 Å². The van der Waals surface area contributed by atoms with Gasteiger partial charge >= 0.3 is 0 Å². The van der Waals surface area contributed by atoms with E-state index in [0.29, 0.717) is 13.1 Å². The summed E-state index contributed by atoms with van der Waals surface area (Å²) in [5, 5.41) is 11.3. The summed E-state index contributed by atoms with van der Waals surface area (Å²) in [5.74, 6) is -0.348. The van der Waals surface area contributed by atoms with Gasteiger partial charge in [0.25, 0.3) is 11.5 Å². The molecule has 0 saturated heterocycles. The van der Waals surface area contributed by atoms with E-state index in [1.807, 2.05) is 66.9 Å². The zero-order valence-electron chi connectivity index (χ0n) is 15.6. The van der Waals surface area contributed by atoms with Gasteiger partial charge < -0.3 is 5.32 Å². The molecule has 2 aromatic heterocycles. The second-order valence-corrected chi connectivity index (χ2v) is 6.51. The van der Waals surface area contributed by atoms with Crippen molar-refractivity contribution in [2.45, 2.75) is 13.1 Å². The third kappa shape index (κ3) is 4.47. The van der Waals surface area contributed by atoms with Gasteiger partial charge in [0.15, 0.2) is 0 Å². The third-order valence-electron chi connectivity index (χ3n) is 4.38. The van der Waals surface area contributed by atoms with Crippen LogP contribution in [0.3, 0.4) is 0 Å². The molecular formula is C22H19N5O2. The Morgan fingerprint density at radius 1 is 0.897 bits per heavy atom. The van der Waals surface area contributed by atoms with Crippen LogP contribution in [-0.4, -0.2) is 25.5 Å². The van der Waals surface area contributed by atoms with Crippen molar-refractivity contribution in [3.63, 3.8) is 0 Å². The first-order valence-electron chi connectivity index (χ1n) is 9.18. The lowest BCUT2D eigenvalue weighted by Crippen LogP contribution is -2.29. The second kappa shape index (κ2) is 8.35. The van der Waals surface area contributed by atoms with Crippen LogP contribution in [-0.2, 0) is 13.1 Å². The topological polar surface area (TPSA) is 81.8 Å². The van der Waals surface area contributed by atoms with Crippen LogP contribution in [0.15, 0.2) is 90.0 Å². The minimum Gasteiger partial charge on any atom is -0.346 e. The summed E-state index contributed by atoms with van der Waals surface area (Å²) in [7, 11) is 0. The van der Waals surface area contributed by atoms with Gasteiger partial charge in [-0.05, 0) is 23.8 Å². The SMILES string of the molecule is O=C(NCc1cnn(-c2ccccc2)c1)c1ccc(=O)n(Cc2ccccc2)n1. The zero-order chi connectivity index (χ0) is 20.1. The molecule has 0 atom stereocenters. The Bertz CT molecular complexity index is 1170. The van der Waals surface area contributed by atoms with Gasteiger partial charge in [-0.1, -0.05) is 48.5 Å². The zero-order valence-corrected chi connectivity index (χ0v) is 15.6. The van der Waals surface area contributed by atoms with Gasteiger partial charge in [0, 0.05) is 24.4 Å². The van der Waals surface area contributed by atoms with E-state index in [1.165, 1.54) is 16.8 Å². The summed E-state index contributed by atoms with van der Waals surface area (Å²) in [6.07, 6.45) is 3.57. The Hall–Kier alpha value is -4.00. The molecule has 0 aliphatic carbocycles. The Morgan fingerprint density at radius 3 is 2.38 bits per heavy atom. The summed E-state index contributed by atoms with van der Waals surface area (Å²) in [6, 6.07) is 22.0. The summed E-state index contributed by atoms with van der Waals surface area (Å²) in [4.78, 5) is 24.6. The van der Waals surface area contributed by atoms with Crippen LogP contribution in [0.2, 0.25) is 0 Å². The Balaban J connectivity index is 1.43. The molecule has 7 nitrogen and oxygen atoms in total. The molecule has 0 saturated carbocycles. The second-order valence-electron chi connectivity index (χ2n) is 6.51. The van der Waals surface area contributed by atoms with Crippen molar-refractivity contribution >= 4 is 5.91 Å². The number of hydrogen-bond donors (Lipinski definition) is 1. The molecule has 0 aliphatic heterocycles. The lowest BCUT2D eigenvalue weighted by Gasteiger charge is -2.07. The summed E-state index contributed by atoms with van der Waals surface area (Å²) in [5.41, 5.74) is 2.68. The van der Waals surface area contributed by atoms with E-state index in [0.717, 1.165) is 16.8 Å². The van der Waals surface area contributed by atoms with Gasteiger partial charge in [-0.3, -0.25) is 9.59 Å². The predicted molar refractivity (Wildman–Crippen MR) is 109 cm³/mol. The number of carbonyl (C=O) groups excluding carboxylic acids is 1. The number of rotatable bonds is 6. The Labute approximate surface area is 167 Å². The predicted octanol–water partition coefficient (Wildman–Crippen LogP) is 2.41. The van der Waals surface area contributed by atoms with E-state index >= 15 is 0 Å².